The second-order valence-corrected chi connectivity index (χ2v) is 5.30. The van der Waals surface area contributed by atoms with E-state index in [1.807, 2.05) is 30.3 Å². The molecule has 0 saturated carbocycles. The fourth-order valence-corrected chi connectivity index (χ4v) is 1.53. The van der Waals surface area contributed by atoms with Crippen LogP contribution < -0.4 is 0 Å². The molecular weight excluding hydrogens is 242 g/mol. The van der Waals surface area contributed by atoms with E-state index < -0.39 is 11.7 Å². The van der Waals surface area contributed by atoms with Gasteiger partial charge >= 0.3 is 6.09 Å². The summed E-state index contributed by atoms with van der Waals surface area (Å²) in [5.41, 5.74) is 0.287. The number of rotatable bonds is 3. The molecule has 0 saturated heterocycles. The molecule has 0 heterocycles. The van der Waals surface area contributed by atoms with Gasteiger partial charge in [-0.05, 0) is 26.3 Å². The number of carbonyl (C=O) groups excluding carboxylic acids is 2. The molecule has 0 spiro atoms. The van der Waals surface area contributed by atoms with Gasteiger partial charge in [0, 0.05) is 6.42 Å². The van der Waals surface area contributed by atoms with Crippen LogP contribution in [0.15, 0.2) is 30.3 Å². The molecule has 4 heteroatoms. The Bertz CT molecular complexity index is 434. The predicted molar refractivity (Wildman–Crippen MR) is 73.5 cm³/mol. The molecule has 0 N–H and O–H groups in total. The summed E-state index contributed by atoms with van der Waals surface area (Å²) in [5.74, 6) is -0.238. The van der Waals surface area contributed by atoms with Gasteiger partial charge in [-0.15, -0.1) is 0 Å². The van der Waals surface area contributed by atoms with Crippen molar-refractivity contribution in [3.63, 3.8) is 0 Å². The van der Waals surface area contributed by atoms with Gasteiger partial charge in [-0.3, -0.25) is 4.79 Å². The predicted octanol–water partition coefficient (Wildman–Crippen LogP) is 3.36. The molecule has 0 radical (unpaired) electrons. The lowest BCUT2D eigenvalue weighted by molar-refractivity contribution is -0.130. The maximum atomic E-state index is 12.0. The summed E-state index contributed by atoms with van der Waals surface area (Å²) in [6.07, 6.45) is -0.324. The first-order valence-corrected chi connectivity index (χ1v) is 6.40. The van der Waals surface area contributed by atoms with E-state index in [2.05, 4.69) is 0 Å². The Morgan fingerprint density at radius 3 is 2.21 bits per heavy atom. The zero-order valence-electron chi connectivity index (χ0n) is 12.0. The van der Waals surface area contributed by atoms with E-state index in [4.69, 9.17) is 4.74 Å². The SMILES string of the molecule is CCC(=O)N(Cc1ccccc1)C(=O)OC(C)(C)C. The van der Waals surface area contributed by atoms with Crippen molar-refractivity contribution in [1.29, 1.82) is 0 Å². The number of nitrogens with zero attached hydrogens (tertiary/aromatic N) is 1. The highest BCUT2D eigenvalue weighted by Gasteiger charge is 2.26. The zero-order valence-corrected chi connectivity index (χ0v) is 12.0. The average Bonchev–Trinajstić information content (AvgIpc) is 2.34. The van der Waals surface area contributed by atoms with Crippen LogP contribution in [0.25, 0.3) is 0 Å². The normalized spacial score (nSPS) is 10.9. The molecule has 104 valence electrons. The summed E-state index contributed by atoms with van der Waals surface area (Å²) in [6, 6.07) is 9.39. The van der Waals surface area contributed by atoms with Crippen molar-refractivity contribution in [3.8, 4) is 0 Å². The maximum absolute atomic E-state index is 12.0. The van der Waals surface area contributed by atoms with E-state index in [0.29, 0.717) is 0 Å². The molecule has 0 aliphatic heterocycles. The maximum Gasteiger partial charge on any atom is 0.417 e. The summed E-state index contributed by atoms with van der Waals surface area (Å²) < 4.78 is 5.26. The van der Waals surface area contributed by atoms with Crippen molar-refractivity contribution in [3.05, 3.63) is 35.9 Å². The minimum absolute atomic E-state index is 0.238. The van der Waals surface area contributed by atoms with Crippen LogP contribution >= 0.6 is 0 Å². The molecule has 1 rings (SSSR count). The number of imide groups is 1. The molecule has 0 unspecified atom stereocenters. The van der Waals surface area contributed by atoms with E-state index in [1.165, 1.54) is 0 Å². The Balaban J connectivity index is 2.84. The van der Waals surface area contributed by atoms with Crippen molar-refractivity contribution in [2.45, 2.75) is 46.3 Å². The van der Waals surface area contributed by atoms with Crippen LogP contribution in [-0.4, -0.2) is 22.5 Å². The number of carbonyl (C=O) groups is 2. The van der Waals surface area contributed by atoms with Crippen LogP contribution in [0.4, 0.5) is 4.79 Å². The van der Waals surface area contributed by atoms with Gasteiger partial charge in [0.1, 0.15) is 5.60 Å². The van der Waals surface area contributed by atoms with Gasteiger partial charge in [-0.1, -0.05) is 37.3 Å². The van der Waals surface area contributed by atoms with E-state index in [1.54, 1.807) is 27.7 Å². The van der Waals surface area contributed by atoms with E-state index in [9.17, 15) is 9.59 Å². The van der Waals surface area contributed by atoms with Gasteiger partial charge in [0.05, 0.1) is 6.54 Å². The van der Waals surface area contributed by atoms with Crippen LogP contribution in [-0.2, 0) is 16.1 Å². The van der Waals surface area contributed by atoms with Crippen molar-refractivity contribution in [2.24, 2.45) is 0 Å². The first-order chi connectivity index (χ1) is 8.83. The third-order valence-corrected chi connectivity index (χ3v) is 2.40. The number of amides is 2. The minimum Gasteiger partial charge on any atom is -0.443 e. The number of ether oxygens (including phenoxy) is 1. The average molecular weight is 263 g/mol. The van der Waals surface area contributed by atoms with Crippen LogP contribution in [0.3, 0.4) is 0 Å². The summed E-state index contributed by atoms with van der Waals surface area (Å²) in [4.78, 5) is 25.1. The van der Waals surface area contributed by atoms with E-state index in [-0.39, 0.29) is 18.9 Å². The molecule has 0 bridgehead atoms. The Morgan fingerprint density at radius 1 is 1.16 bits per heavy atom. The van der Waals surface area contributed by atoms with E-state index >= 15 is 0 Å². The monoisotopic (exact) mass is 263 g/mol. The molecule has 0 aromatic heterocycles. The third kappa shape index (κ3) is 5.12. The van der Waals surface area contributed by atoms with Crippen molar-refractivity contribution >= 4 is 12.0 Å². The van der Waals surface area contributed by atoms with Crippen molar-refractivity contribution in [1.82, 2.24) is 4.90 Å². The molecule has 0 aliphatic rings. The van der Waals surface area contributed by atoms with Crippen LogP contribution in [0, 0.1) is 0 Å². The lowest BCUT2D eigenvalue weighted by atomic mass is 10.2. The molecule has 0 fully saturated rings. The smallest absolute Gasteiger partial charge is 0.417 e. The minimum atomic E-state index is -0.611. The highest BCUT2D eigenvalue weighted by molar-refractivity contribution is 5.91. The summed E-state index contributed by atoms with van der Waals surface area (Å²) >= 11 is 0. The van der Waals surface area contributed by atoms with Crippen LogP contribution in [0.1, 0.15) is 39.7 Å². The summed E-state index contributed by atoms with van der Waals surface area (Å²) in [6.45, 7) is 7.30. The zero-order chi connectivity index (χ0) is 14.5. The Labute approximate surface area is 114 Å². The Hall–Kier alpha value is -1.84. The Kier molecular flexibility index (Phi) is 5.10. The lowest BCUT2D eigenvalue weighted by Crippen LogP contribution is -2.40. The van der Waals surface area contributed by atoms with Gasteiger partial charge in [0.25, 0.3) is 0 Å². The second-order valence-electron chi connectivity index (χ2n) is 5.30. The molecule has 1 aromatic rings. The van der Waals surface area contributed by atoms with Gasteiger partial charge in [-0.2, -0.15) is 0 Å². The summed E-state index contributed by atoms with van der Waals surface area (Å²) in [7, 11) is 0. The fraction of sp³-hybridized carbons (Fsp3) is 0.467. The molecular formula is C15H21NO3. The fourth-order valence-electron chi connectivity index (χ4n) is 1.53. The number of benzene rings is 1. The lowest BCUT2D eigenvalue weighted by Gasteiger charge is -2.26. The number of hydrogen-bond acceptors (Lipinski definition) is 3. The highest BCUT2D eigenvalue weighted by Crippen LogP contribution is 2.13. The molecule has 1 aromatic carbocycles. The standard InChI is InChI=1S/C15H21NO3/c1-5-13(17)16(14(18)19-15(2,3)4)11-12-9-7-6-8-10-12/h6-10H,5,11H2,1-4H3. The second kappa shape index (κ2) is 6.36. The van der Waals surface area contributed by atoms with E-state index in [0.717, 1.165) is 10.5 Å². The van der Waals surface area contributed by atoms with Crippen LogP contribution in [0.2, 0.25) is 0 Å². The molecule has 19 heavy (non-hydrogen) atoms. The molecule has 4 nitrogen and oxygen atoms in total. The summed E-state index contributed by atoms with van der Waals surface area (Å²) in [5, 5.41) is 0. The molecule has 0 atom stereocenters. The van der Waals surface area contributed by atoms with Crippen molar-refractivity contribution < 1.29 is 14.3 Å². The third-order valence-electron chi connectivity index (χ3n) is 2.40. The van der Waals surface area contributed by atoms with Gasteiger partial charge < -0.3 is 4.74 Å². The van der Waals surface area contributed by atoms with Crippen molar-refractivity contribution in [2.75, 3.05) is 0 Å². The molecule has 0 aliphatic carbocycles. The van der Waals surface area contributed by atoms with Gasteiger partial charge in [0.15, 0.2) is 0 Å². The quantitative estimate of drug-likeness (QED) is 0.840. The Morgan fingerprint density at radius 2 is 1.74 bits per heavy atom. The topological polar surface area (TPSA) is 46.6 Å². The van der Waals surface area contributed by atoms with Gasteiger partial charge in [0.2, 0.25) is 5.91 Å². The first-order valence-electron chi connectivity index (χ1n) is 6.40. The first kappa shape index (κ1) is 15.2. The van der Waals surface area contributed by atoms with Gasteiger partial charge in [-0.25, -0.2) is 9.69 Å². The van der Waals surface area contributed by atoms with Crippen LogP contribution in [0.5, 0.6) is 0 Å². The highest BCUT2D eigenvalue weighted by atomic mass is 16.6. The molecule has 2 amide bonds. The number of hydrogen-bond donors (Lipinski definition) is 0. The largest absolute Gasteiger partial charge is 0.443 e.